The van der Waals surface area contributed by atoms with Gasteiger partial charge in [-0.25, -0.2) is 0 Å². The average Bonchev–Trinajstić information content (AvgIpc) is 2.68. The van der Waals surface area contributed by atoms with Gasteiger partial charge in [-0.2, -0.15) is 0 Å². The van der Waals surface area contributed by atoms with E-state index in [4.69, 9.17) is 9.15 Å². The van der Waals surface area contributed by atoms with Gasteiger partial charge in [0.05, 0.1) is 0 Å². The third-order valence-corrected chi connectivity index (χ3v) is 2.03. The highest BCUT2D eigenvalue weighted by Crippen LogP contribution is 2.18. The molecule has 2 rings (SSSR count). The number of benzene rings is 1. The molecule has 0 radical (unpaired) electrons. The van der Waals surface area contributed by atoms with Crippen molar-refractivity contribution in [2.75, 3.05) is 7.11 Å². The van der Waals surface area contributed by atoms with Gasteiger partial charge in [-0.05, 0) is 19.1 Å². The van der Waals surface area contributed by atoms with Crippen LogP contribution in [-0.2, 0) is 11.3 Å². The van der Waals surface area contributed by atoms with Crippen molar-refractivity contribution in [1.29, 1.82) is 0 Å². The molecule has 0 amide bonds. The Morgan fingerprint density at radius 2 is 1.93 bits per heavy atom. The van der Waals surface area contributed by atoms with Gasteiger partial charge in [-0.1, -0.05) is 17.7 Å². The number of hydrogen-bond acceptors (Lipinski definition) is 4. The summed E-state index contributed by atoms with van der Waals surface area (Å²) in [6.45, 7) is 2.38. The molecular formula is C11H12N2O2. The molecule has 0 atom stereocenters. The molecule has 4 nitrogen and oxygen atoms in total. The molecular weight excluding hydrogens is 192 g/mol. The summed E-state index contributed by atoms with van der Waals surface area (Å²) in [5.74, 6) is 1.02. The largest absolute Gasteiger partial charge is 0.418 e. The van der Waals surface area contributed by atoms with Crippen LogP contribution in [0.15, 0.2) is 28.7 Å². The maximum Gasteiger partial charge on any atom is 0.247 e. The molecule has 0 fully saturated rings. The lowest BCUT2D eigenvalue weighted by Gasteiger charge is -1.95. The molecule has 15 heavy (non-hydrogen) atoms. The lowest BCUT2D eigenvalue weighted by molar-refractivity contribution is 0.160. The van der Waals surface area contributed by atoms with Crippen molar-refractivity contribution in [3.63, 3.8) is 0 Å². The van der Waals surface area contributed by atoms with Gasteiger partial charge in [0, 0.05) is 12.7 Å². The Hall–Kier alpha value is -1.68. The third-order valence-electron chi connectivity index (χ3n) is 2.03. The average molecular weight is 204 g/mol. The van der Waals surface area contributed by atoms with Gasteiger partial charge in [0.25, 0.3) is 0 Å². The molecule has 4 heteroatoms. The number of methoxy groups -OCH3 is 1. The number of aromatic nitrogens is 2. The summed E-state index contributed by atoms with van der Waals surface area (Å²) in [7, 11) is 1.59. The zero-order chi connectivity index (χ0) is 10.7. The molecule has 1 heterocycles. The highest BCUT2D eigenvalue weighted by atomic mass is 16.5. The van der Waals surface area contributed by atoms with E-state index < -0.39 is 0 Å². The second-order valence-electron chi connectivity index (χ2n) is 3.30. The van der Waals surface area contributed by atoms with Crippen molar-refractivity contribution in [1.82, 2.24) is 10.2 Å². The monoisotopic (exact) mass is 204 g/mol. The van der Waals surface area contributed by atoms with Crippen LogP contribution in [0.25, 0.3) is 11.5 Å². The number of nitrogens with zero attached hydrogens (tertiary/aromatic N) is 2. The van der Waals surface area contributed by atoms with Crippen molar-refractivity contribution in [3.8, 4) is 11.5 Å². The minimum absolute atomic E-state index is 0.346. The Labute approximate surface area is 87.9 Å². The Morgan fingerprint density at radius 3 is 2.60 bits per heavy atom. The van der Waals surface area contributed by atoms with E-state index in [1.165, 1.54) is 5.56 Å². The van der Waals surface area contributed by atoms with Crippen LogP contribution in [0.5, 0.6) is 0 Å². The smallest absolute Gasteiger partial charge is 0.247 e. The molecule has 0 aliphatic rings. The first-order valence-electron chi connectivity index (χ1n) is 4.68. The van der Waals surface area contributed by atoms with E-state index in [2.05, 4.69) is 10.2 Å². The van der Waals surface area contributed by atoms with Crippen LogP contribution >= 0.6 is 0 Å². The van der Waals surface area contributed by atoms with Crippen molar-refractivity contribution >= 4 is 0 Å². The molecule has 0 saturated carbocycles. The molecule has 0 aliphatic heterocycles. The molecule has 1 aromatic carbocycles. The summed E-state index contributed by atoms with van der Waals surface area (Å²) in [5.41, 5.74) is 2.13. The van der Waals surface area contributed by atoms with E-state index in [1.54, 1.807) is 7.11 Å². The van der Waals surface area contributed by atoms with Crippen LogP contribution in [-0.4, -0.2) is 17.3 Å². The summed E-state index contributed by atoms with van der Waals surface area (Å²) < 4.78 is 10.3. The van der Waals surface area contributed by atoms with Crippen LogP contribution in [0.3, 0.4) is 0 Å². The highest BCUT2D eigenvalue weighted by molar-refractivity contribution is 5.52. The lowest BCUT2D eigenvalue weighted by atomic mass is 10.1. The van der Waals surface area contributed by atoms with Crippen LogP contribution in [0.2, 0.25) is 0 Å². The second kappa shape index (κ2) is 4.23. The number of ether oxygens (including phenoxy) is 1. The molecule has 0 N–H and O–H groups in total. The first-order chi connectivity index (χ1) is 7.29. The lowest BCUT2D eigenvalue weighted by Crippen LogP contribution is -1.85. The summed E-state index contributed by atoms with van der Waals surface area (Å²) >= 11 is 0. The SMILES string of the molecule is COCc1nnc(-c2ccc(C)cc2)o1. The summed E-state index contributed by atoms with van der Waals surface area (Å²) in [6.07, 6.45) is 0. The van der Waals surface area contributed by atoms with Gasteiger partial charge >= 0.3 is 0 Å². The topological polar surface area (TPSA) is 48.2 Å². The zero-order valence-corrected chi connectivity index (χ0v) is 8.73. The van der Waals surface area contributed by atoms with Crippen LogP contribution in [0.4, 0.5) is 0 Å². The van der Waals surface area contributed by atoms with Crippen molar-refractivity contribution in [2.45, 2.75) is 13.5 Å². The maximum absolute atomic E-state index is 5.40. The van der Waals surface area contributed by atoms with Gasteiger partial charge in [0.2, 0.25) is 11.8 Å². The fourth-order valence-electron chi connectivity index (χ4n) is 1.25. The fraction of sp³-hybridized carbons (Fsp3) is 0.273. The molecule has 0 bridgehead atoms. The quantitative estimate of drug-likeness (QED) is 0.768. The molecule has 2 aromatic rings. The Morgan fingerprint density at radius 1 is 1.20 bits per heavy atom. The highest BCUT2D eigenvalue weighted by Gasteiger charge is 2.07. The first kappa shape index (κ1) is 9.86. The molecule has 0 saturated heterocycles. The van der Waals surface area contributed by atoms with Crippen molar-refractivity contribution in [2.24, 2.45) is 0 Å². The second-order valence-corrected chi connectivity index (χ2v) is 3.30. The molecule has 0 unspecified atom stereocenters. The summed E-state index contributed by atoms with van der Waals surface area (Å²) in [4.78, 5) is 0. The van der Waals surface area contributed by atoms with Gasteiger partial charge in [-0.3, -0.25) is 0 Å². The molecule has 78 valence electrons. The zero-order valence-electron chi connectivity index (χ0n) is 8.73. The molecule has 1 aromatic heterocycles. The number of aryl methyl sites for hydroxylation is 1. The Kier molecular flexibility index (Phi) is 2.78. The van der Waals surface area contributed by atoms with E-state index in [-0.39, 0.29) is 0 Å². The summed E-state index contributed by atoms with van der Waals surface area (Å²) in [6, 6.07) is 7.93. The van der Waals surface area contributed by atoms with E-state index in [0.717, 1.165) is 5.56 Å². The summed E-state index contributed by atoms with van der Waals surface area (Å²) in [5, 5.41) is 7.80. The van der Waals surface area contributed by atoms with E-state index in [0.29, 0.717) is 18.4 Å². The molecule has 0 aliphatic carbocycles. The van der Waals surface area contributed by atoms with Crippen molar-refractivity contribution < 1.29 is 9.15 Å². The minimum Gasteiger partial charge on any atom is -0.418 e. The van der Waals surface area contributed by atoms with E-state index >= 15 is 0 Å². The van der Waals surface area contributed by atoms with Crippen LogP contribution in [0, 0.1) is 6.92 Å². The van der Waals surface area contributed by atoms with Gasteiger partial charge in [-0.15, -0.1) is 10.2 Å². The molecule has 0 spiro atoms. The predicted molar refractivity (Wildman–Crippen MR) is 55.2 cm³/mol. The predicted octanol–water partition coefficient (Wildman–Crippen LogP) is 2.19. The van der Waals surface area contributed by atoms with Crippen LogP contribution < -0.4 is 0 Å². The normalized spacial score (nSPS) is 10.5. The van der Waals surface area contributed by atoms with E-state index in [9.17, 15) is 0 Å². The third kappa shape index (κ3) is 2.22. The van der Waals surface area contributed by atoms with Gasteiger partial charge < -0.3 is 9.15 Å². The standard InChI is InChI=1S/C11H12N2O2/c1-8-3-5-9(6-4-8)11-13-12-10(15-11)7-14-2/h3-6H,7H2,1-2H3. The number of rotatable bonds is 3. The maximum atomic E-state index is 5.40. The Bertz CT molecular complexity index is 434. The van der Waals surface area contributed by atoms with Gasteiger partial charge in [0.15, 0.2) is 0 Å². The Balaban J connectivity index is 2.25. The van der Waals surface area contributed by atoms with E-state index in [1.807, 2.05) is 31.2 Å². The van der Waals surface area contributed by atoms with Crippen molar-refractivity contribution in [3.05, 3.63) is 35.7 Å². The van der Waals surface area contributed by atoms with Crippen LogP contribution in [0.1, 0.15) is 11.5 Å². The number of hydrogen-bond donors (Lipinski definition) is 0. The van der Waals surface area contributed by atoms with Gasteiger partial charge in [0.1, 0.15) is 6.61 Å². The fourth-order valence-corrected chi connectivity index (χ4v) is 1.25. The first-order valence-corrected chi connectivity index (χ1v) is 4.68. The minimum atomic E-state index is 0.346.